The molecule has 37 heavy (non-hydrogen) atoms. The second-order valence-electron chi connectivity index (χ2n) is 10.6. The monoisotopic (exact) mass is 519 g/mol. The first-order chi connectivity index (χ1) is 17.8. The van der Waals surface area contributed by atoms with Crippen LogP contribution in [0.4, 0.5) is 23.1 Å². The molecule has 1 saturated carbocycles. The number of fused-ring (bicyclic) bond motifs is 2. The van der Waals surface area contributed by atoms with Gasteiger partial charge in [0.1, 0.15) is 10.8 Å². The molecule has 8 nitrogen and oxygen atoms in total. The molecule has 9 heteroatoms. The largest absolute Gasteiger partial charge is 0.490 e. The number of anilines is 4. The summed E-state index contributed by atoms with van der Waals surface area (Å²) in [6.45, 7) is 4.31. The number of para-hydroxylation sites is 1. The quantitative estimate of drug-likeness (QED) is 0.435. The molecule has 1 atom stereocenters. The second kappa shape index (κ2) is 9.19. The molecule has 3 heterocycles. The van der Waals surface area contributed by atoms with Crippen LogP contribution in [-0.4, -0.2) is 52.2 Å². The van der Waals surface area contributed by atoms with Gasteiger partial charge in [0.25, 0.3) is 0 Å². The van der Waals surface area contributed by atoms with Crippen molar-refractivity contribution in [2.45, 2.75) is 50.7 Å². The van der Waals surface area contributed by atoms with Crippen molar-refractivity contribution >= 4 is 40.7 Å². The van der Waals surface area contributed by atoms with Crippen LogP contribution in [0.15, 0.2) is 42.6 Å². The SMILES string of the molecule is CN1CCc2c(cc(Nc3ncc(Cl)c(N4CC(C)(CC(=O)O)c5ccccc54)n3)cc2OC2CC2)C1. The summed E-state index contributed by atoms with van der Waals surface area (Å²) in [5.41, 5.74) is 4.73. The summed E-state index contributed by atoms with van der Waals surface area (Å²) in [6, 6.07) is 12.0. The van der Waals surface area contributed by atoms with Gasteiger partial charge in [-0.3, -0.25) is 4.79 Å². The van der Waals surface area contributed by atoms with Crippen LogP contribution < -0.4 is 15.0 Å². The van der Waals surface area contributed by atoms with E-state index in [0.717, 1.165) is 55.0 Å². The first-order valence-corrected chi connectivity index (χ1v) is 13.1. The van der Waals surface area contributed by atoms with Gasteiger partial charge in [0.15, 0.2) is 5.82 Å². The van der Waals surface area contributed by atoms with E-state index in [-0.39, 0.29) is 6.42 Å². The van der Waals surface area contributed by atoms with Crippen molar-refractivity contribution in [3.8, 4) is 5.75 Å². The lowest BCUT2D eigenvalue weighted by Crippen LogP contribution is -2.31. The maximum absolute atomic E-state index is 11.7. The van der Waals surface area contributed by atoms with Crippen molar-refractivity contribution < 1.29 is 14.6 Å². The van der Waals surface area contributed by atoms with E-state index in [1.165, 1.54) is 11.1 Å². The molecule has 3 aliphatic rings. The molecule has 192 valence electrons. The summed E-state index contributed by atoms with van der Waals surface area (Å²) in [7, 11) is 2.13. The number of aliphatic carboxylic acids is 1. The Balaban J connectivity index is 1.33. The fourth-order valence-corrected chi connectivity index (χ4v) is 5.69. The van der Waals surface area contributed by atoms with Gasteiger partial charge in [-0.1, -0.05) is 36.7 Å². The van der Waals surface area contributed by atoms with E-state index in [0.29, 0.717) is 29.4 Å². The van der Waals surface area contributed by atoms with Crippen molar-refractivity contribution in [1.82, 2.24) is 14.9 Å². The van der Waals surface area contributed by atoms with E-state index in [4.69, 9.17) is 21.3 Å². The zero-order valence-electron chi connectivity index (χ0n) is 21.0. The Kier molecular flexibility index (Phi) is 5.96. The Morgan fingerprint density at radius 3 is 2.89 bits per heavy atom. The molecule has 0 spiro atoms. The molecule has 1 unspecified atom stereocenters. The number of nitrogens with zero attached hydrogens (tertiary/aromatic N) is 4. The second-order valence-corrected chi connectivity index (χ2v) is 11.0. The van der Waals surface area contributed by atoms with Crippen LogP contribution in [-0.2, 0) is 23.2 Å². The smallest absolute Gasteiger partial charge is 0.304 e. The standard InChI is InChI=1S/C28H30ClN5O3/c1-28(13-25(35)36)16-34(23-6-4-3-5-21(23)28)26-22(29)14-30-27(32-26)31-18-11-17-15-33(2)10-9-20(17)24(12-18)37-19-7-8-19/h3-6,11-12,14,19H,7-10,13,15-16H2,1-2H3,(H,35,36)(H,30,31,32). The van der Waals surface area contributed by atoms with Crippen LogP contribution >= 0.6 is 11.6 Å². The maximum atomic E-state index is 11.7. The van der Waals surface area contributed by atoms with Gasteiger partial charge in [-0.15, -0.1) is 0 Å². The van der Waals surface area contributed by atoms with Gasteiger partial charge < -0.3 is 25.0 Å². The molecule has 0 radical (unpaired) electrons. The van der Waals surface area contributed by atoms with Gasteiger partial charge >= 0.3 is 5.97 Å². The van der Waals surface area contributed by atoms with Gasteiger partial charge in [0.05, 0.1) is 18.7 Å². The van der Waals surface area contributed by atoms with E-state index in [1.807, 2.05) is 36.1 Å². The van der Waals surface area contributed by atoms with Crippen molar-refractivity contribution in [3.63, 3.8) is 0 Å². The predicted molar refractivity (Wildman–Crippen MR) is 144 cm³/mol. The highest BCUT2D eigenvalue weighted by Crippen LogP contribution is 2.47. The summed E-state index contributed by atoms with van der Waals surface area (Å²) in [6.07, 6.45) is 5.10. The first kappa shape index (κ1) is 24.0. The summed E-state index contributed by atoms with van der Waals surface area (Å²) in [5, 5.41) is 13.4. The Bertz CT molecular complexity index is 1380. The van der Waals surface area contributed by atoms with Crippen molar-refractivity contribution in [2.75, 3.05) is 30.4 Å². The number of carboxylic acid groups (broad SMARTS) is 1. The van der Waals surface area contributed by atoms with Crippen LogP contribution in [0.1, 0.15) is 42.9 Å². The lowest BCUT2D eigenvalue weighted by Gasteiger charge is -2.27. The molecule has 0 bridgehead atoms. The number of nitrogens with one attached hydrogen (secondary N) is 1. The molecule has 3 aromatic rings. The van der Waals surface area contributed by atoms with Crippen molar-refractivity contribution in [1.29, 1.82) is 0 Å². The van der Waals surface area contributed by atoms with E-state index in [9.17, 15) is 9.90 Å². The third kappa shape index (κ3) is 4.71. The summed E-state index contributed by atoms with van der Waals surface area (Å²) >= 11 is 6.61. The average Bonchev–Trinajstić information content (AvgIpc) is 3.62. The molecular formula is C28H30ClN5O3. The maximum Gasteiger partial charge on any atom is 0.304 e. The van der Waals surface area contributed by atoms with Crippen molar-refractivity contribution in [3.05, 3.63) is 64.3 Å². The van der Waals surface area contributed by atoms with Gasteiger partial charge in [-0.05, 0) is 49.6 Å². The van der Waals surface area contributed by atoms with E-state index < -0.39 is 11.4 Å². The van der Waals surface area contributed by atoms with Crippen LogP contribution in [0.2, 0.25) is 5.02 Å². The average molecular weight is 520 g/mol. The number of aromatic nitrogens is 2. The van der Waals surface area contributed by atoms with Crippen LogP contribution in [0.25, 0.3) is 0 Å². The third-order valence-electron chi connectivity index (χ3n) is 7.43. The van der Waals surface area contributed by atoms with Gasteiger partial charge in [0, 0.05) is 48.1 Å². The molecule has 0 saturated heterocycles. The highest BCUT2D eigenvalue weighted by Gasteiger charge is 2.42. The van der Waals surface area contributed by atoms with Crippen LogP contribution in [0.5, 0.6) is 5.75 Å². The number of carboxylic acids is 1. The highest BCUT2D eigenvalue weighted by atomic mass is 35.5. The zero-order chi connectivity index (χ0) is 25.7. The minimum Gasteiger partial charge on any atom is -0.490 e. The molecule has 2 N–H and O–H groups in total. The topological polar surface area (TPSA) is 90.8 Å². The fourth-order valence-electron chi connectivity index (χ4n) is 5.49. The Labute approximate surface area is 221 Å². The highest BCUT2D eigenvalue weighted by molar-refractivity contribution is 6.33. The lowest BCUT2D eigenvalue weighted by molar-refractivity contribution is -0.138. The lowest BCUT2D eigenvalue weighted by atomic mass is 9.81. The molecule has 6 rings (SSSR count). The molecule has 2 aromatic carbocycles. The number of carbonyl (C=O) groups is 1. The number of ether oxygens (including phenoxy) is 1. The molecule has 0 amide bonds. The Morgan fingerprint density at radius 1 is 1.30 bits per heavy atom. The van der Waals surface area contributed by atoms with E-state index in [2.05, 4.69) is 34.4 Å². The van der Waals surface area contributed by atoms with Crippen molar-refractivity contribution in [2.24, 2.45) is 0 Å². The molecular weight excluding hydrogens is 490 g/mol. The third-order valence-corrected chi connectivity index (χ3v) is 7.70. The number of benzene rings is 2. The number of rotatable bonds is 7. The normalized spacial score (nSPS) is 20.9. The fraction of sp³-hybridized carbons (Fsp3) is 0.393. The van der Waals surface area contributed by atoms with Gasteiger partial charge in [-0.2, -0.15) is 4.98 Å². The van der Waals surface area contributed by atoms with E-state index in [1.54, 1.807) is 6.20 Å². The Morgan fingerprint density at radius 2 is 2.11 bits per heavy atom. The molecule has 1 aromatic heterocycles. The minimum atomic E-state index is -0.836. The molecule has 1 fully saturated rings. The first-order valence-electron chi connectivity index (χ1n) is 12.7. The number of halogens is 1. The summed E-state index contributed by atoms with van der Waals surface area (Å²) in [4.78, 5) is 25.2. The van der Waals surface area contributed by atoms with Gasteiger partial charge in [0.2, 0.25) is 5.95 Å². The number of likely N-dealkylation sites (N-methyl/N-ethyl adjacent to an activating group) is 1. The zero-order valence-corrected chi connectivity index (χ0v) is 21.8. The summed E-state index contributed by atoms with van der Waals surface area (Å²) < 4.78 is 6.28. The number of hydrogen-bond acceptors (Lipinski definition) is 7. The minimum absolute atomic E-state index is 0.0155. The van der Waals surface area contributed by atoms with Crippen LogP contribution in [0, 0.1) is 0 Å². The van der Waals surface area contributed by atoms with E-state index >= 15 is 0 Å². The van der Waals surface area contributed by atoms with Crippen LogP contribution in [0.3, 0.4) is 0 Å². The molecule has 1 aliphatic carbocycles. The Hall–Kier alpha value is -3.36. The molecule has 2 aliphatic heterocycles. The number of hydrogen-bond donors (Lipinski definition) is 2. The van der Waals surface area contributed by atoms with Gasteiger partial charge in [-0.25, -0.2) is 4.98 Å². The predicted octanol–water partition coefficient (Wildman–Crippen LogP) is 5.29. The summed E-state index contributed by atoms with van der Waals surface area (Å²) in [5.74, 6) is 1.08.